The SMILES string of the molecule is CSNC(=O)CC1CCC(c2ccc(Cl)cc2)N(CCSC(C)C)C1=O. The quantitative estimate of drug-likeness (QED) is 0.634. The molecule has 1 heterocycles. The van der Waals surface area contributed by atoms with Crippen molar-refractivity contribution in [3.63, 3.8) is 0 Å². The average Bonchev–Trinajstić information content (AvgIpc) is 2.59. The van der Waals surface area contributed by atoms with Crippen molar-refractivity contribution < 1.29 is 9.59 Å². The topological polar surface area (TPSA) is 49.4 Å². The molecule has 0 spiro atoms. The lowest BCUT2D eigenvalue weighted by molar-refractivity contribution is -0.144. The second-order valence-corrected chi connectivity index (χ2v) is 9.46. The van der Waals surface area contributed by atoms with E-state index in [2.05, 4.69) is 18.6 Å². The van der Waals surface area contributed by atoms with Gasteiger partial charge in [-0.15, -0.1) is 0 Å². The molecule has 144 valence electrons. The van der Waals surface area contributed by atoms with Gasteiger partial charge in [-0.2, -0.15) is 11.8 Å². The largest absolute Gasteiger partial charge is 0.335 e. The number of carbonyl (C=O) groups excluding carboxylic acids is 2. The summed E-state index contributed by atoms with van der Waals surface area (Å²) in [7, 11) is 0. The molecule has 0 aliphatic carbocycles. The third-order valence-corrected chi connectivity index (χ3v) is 6.25. The first-order valence-corrected chi connectivity index (χ1v) is 11.6. The molecule has 4 nitrogen and oxygen atoms in total. The average molecular weight is 415 g/mol. The highest BCUT2D eigenvalue weighted by atomic mass is 35.5. The number of likely N-dealkylation sites (tertiary alicyclic amines) is 1. The Morgan fingerprint density at radius 2 is 2.00 bits per heavy atom. The van der Waals surface area contributed by atoms with Crippen molar-refractivity contribution in [1.82, 2.24) is 9.62 Å². The highest BCUT2D eigenvalue weighted by molar-refractivity contribution is 7.99. The number of benzene rings is 1. The number of nitrogens with one attached hydrogen (secondary N) is 1. The zero-order valence-electron chi connectivity index (χ0n) is 15.5. The maximum absolute atomic E-state index is 13.1. The van der Waals surface area contributed by atoms with E-state index in [0.29, 0.717) is 16.8 Å². The highest BCUT2D eigenvalue weighted by Gasteiger charge is 2.36. The van der Waals surface area contributed by atoms with E-state index in [1.54, 1.807) is 0 Å². The van der Waals surface area contributed by atoms with Crippen molar-refractivity contribution in [2.24, 2.45) is 5.92 Å². The monoisotopic (exact) mass is 414 g/mol. The summed E-state index contributed by atoms with van der Waals surface area (Å²) in [5, 5.41) is 1.23. The van der Waals surface area contributed by atoms with Gasteiger partial charge in [-0.3, -0.25) is 9.59 Å². The molecule has 0 radical (unpaired) electrons. The minimum Gasteiger partial charge on any atom is -0.335 e. The molecule has 1 fully saturated rings. The summed E-state index contributed by atoms with van der Waals surface area (Å²) < 4.78 is 2.72. The molecule has 2 rings (SSSR count). The first-order chi connectivity index (χ1) is 12.4. The molecule has 2 unspecified atom stereocenters. The molecule has 1 aliphatic rings. The standard InChI is InChI=1S/C19H27ClN2O2S2/c1-13(2)26-11-10-22-17(14-4-7-16(20)8-5-14)9-6-15(19(22)24)12-18(23)21-25-3/h4-5,7-8,13,15,17H,6,9-12H2,1-3H3,(H,21,23). The van der Waals surface area contributed by atoms with Gasteiger partial charge < -0.3 is 9.62 Å². The fourth-order valence-electron chi connectivity index (χ4n) is 3.28. The first kappa shape index (κ1) is 21.5. The van der Waals surface area contributed by atoms with Gasteiger partial charge in [0.1, 0.15) is 0 Å². The van der Waals surface area contributed by atoms with E-state index in [1.807, 2.05) is 47.2 Å². The number of hydrogen-bond acceptors (Lipinski definition) is 4. The lowest BCUT2D eigenvalue weighted by Gasteiger charge is -2.39. The number of halogens is 1. The van der Waals surface area contributed by atoms with Crippen LogP contribution in [0, 0.1) is 5.92 Å². The summed E-state index contributed by atoms with van der Waals surface area (Å²) >= 11 is 9.14. The summed E-state index contributed by atoms with van der Waals surface area (Å²) in [5.41, 5.74) is 1.12. The molecule has 26 heavy (non-hydrogen) atoms. The Bertz CT molecular complexity index is 610. The normalized spacial score (nSPS) is 20.5. The number of thioether (sulfide) groups is 1. The Kier molecular flexibility index (Phi) is 8.64. The maximum atomic E-state index is 13.1. The van der Waals surface area contributed by atoms with Crippen LogP contribution in [0.15, 0.2) is 24.3 Å². The van der Waals surface area contributed by atoms with Crippen LogP contribution in [0.5, 0.6) is 0 Å². The van der Waals surface area contributed by atoms with Crippen LogP contribution in [0.4, 0.5) is 0 Å². The number of piperidine rings is 1. The van der Waals surface area contributed by atoms with Crippen LogP contribution in [0.2, 0.25) is 5.02 Å². The summed E-state index contributed by atoms with van der Waals surface area (Å²) in [5.74, 6) is 0.695. The van der Waals surface area contributed by atoms with Crippen molar-refractivity contribution in [3.8, 4) is 0 Å². The van der Waals surface area contributed by atoms with Gasteiger partial charge >= 0.3 is 0 Å². The molecule has 0 saturated carbocycles. The predicted molar refractivity (Wildman–Crippen MR) is 112 cm³/mol. The van der Waals surface area contributed by atoms with Gasteiger partial charge in [-0.1, -0.05) is 49.5 Å². The molecule has 0 bridgehead atoms. The van der Waals surface area contributed by atoms with Gasteiger partial charge in [-0.05, 0) is 35.8 Å². The molecule has 1 N–H and O–H groups in total. The van der Waals surface area contributed by atoms with E-state index in [9.17, 15) is 9.59 Å². The first-order valence-electron chi connectivity index (χ1n) is 8.91. The van der Waals surface area contributed by atoms with Crippen molar-refractivity contribution in [2.75, 3.05) is 18.6 Å². The number of nitrogens with zero attached hydrogens (tertiary/aromatic N) is 1. The van der Waals surface area contributed by atoms with Crippen LogP contribution in [0.3, 0.4) is 0 Å². The molecular weight excluding hydrogens is 388 g/mol. The zero-order chi connectivity index (χ0) is 19.1. The van der Waals surface area contributed by atoms with Crippen LogP contribution >= 0.6 is 35.3 Å². The van der Waals surface area contributed by atoms with Crippen molar-refractivity contribution in [1.29, 1.82) is 0 Å². The minimum atomic E-state index is -0.227. The fourth-order valence-corrected chi connectivity index (χ4v) is 4.49. The van der Waals surface area contributed by atoms with Crippen LogP contribution in [0.1, 0.15) is 44.7 Å². The maximum Gasteiger partial charge on any atom is 0.230 e. The molecule has 2 amide bonds. The number of carbonyl (C=O) groups is 2. The van der Waals surface area contributed by atoms with E-state index >= 15 is 0 Å². The number of amides is 2. The van der Waals surface area contributed by atoms with Crippen LogP contribution < -0.4 is 4.72 Å². The van der Waals surface area contributed by atoms with Crippen molar-refractivity contribution in [3.05, 3.63) is 34.9 Å². The number of hydrogen-bond donors (Lipinski definition) is 1. The second kappa shape index (κ2) is 10.5. The molecule has 2 atom stereocenters. The van der Waals surface area contributed by atoms with Crippen LogP contribution in [0.25, 0.3) is 0 Å². The molecule has 1 saturated heterocycles. The van der Waals surface area contributed by atoms with Gasteiger partial charge in [0.15, 0.2) is 0 Å². The number of rotatable bonds is 8. The molecule has 1 aromatic carbocycles. The van der Waals surface area contributed by atoms with Gasteiger partial charge in [0.2, 0.25) is 11.8 Å². The summed E-state index contributed by atoms with van der Waals surface area (Å²) in [6.07, 6.45) is 3.69. The summed E-state index contributed by atoms with van der Waals surface area (Å²) in [6.45, 7) is 5.03. The zero-order valence-corrected chi connectivity index (χ0v) is 17.9. The van der Waals surface area contributed by atoms with Crippen LogP contribution in [-0.2, 0) is 9.59 Å². The predicted octanol–water partition coefficient (Wildman–Crippen LogP) is 4.55. The van der Waals surface area contributed by atoms with E-state index in [1.165, 1.54) is 11.9 Å². The van der Waals surface area contributed by atoms with E-state index in [4.69, 9.17) is 11.6 Å². The third kappa shape index (κ3) is 6.10. The Hall–Kier alpha value is -0.850. The molecule has 1 aromatic rings. The highest BCUT2D eigenvalue weighted by Crippen LogP contribution is 2.36. The van der Waals surface area contributed by atoms with Crippen LogP contribution in [-0.4, -0.2) is 40.5 Å². The Morgan fingerprint density at radius 3 is 2.62 bits per heavy atom. The van der Waals surface area contributed by atoms with E-state index in [-0.39, 0.29) is 30.2 Å². The Morgan fingerprint density at radius 1 is 1.31 bits per heavy atom. The van der Waals surface area contributed by atoms with Gasteiger partial charge in [0.25, 0.3) is 0 Å². The van der Waals surface area contributed by atoms with Gasteiger partial charge in [-0.25, -0.2) is 0 Å². The Balaban J connectivity index is 2.13. The molecule has 0 aromatic heterocycles. The third-order valence-electron chi connectivity index (χ3n) is 4.48. The van der Waals surface area contributed by atoms with Gasteiger partial charge in [0.05, 0.1) is 6.04 Å². The lowest BCUT2D eigenvalue weighted by Crippen LogP contribution is -2.45. The van der Waals surface area contributed by atoms with E-state index in [0.717, 1.165) is 24.2 Å². The molecule has 7 heteroatoms. The summed E-state index contributed by atoms with van der Waals surface area (Å²) in [4.78, 5) is 27.0. The minimum absolute atomic E-state index is 0.0624. The lowest BCUT2D eigenvalue weighted by atomic mass is 9.86. The fraction of sp³-hybridized carbons (Fsp3) is 0.579. The van der Waals surface area contributed by atoms with Crippen molar-refractivity contribution >= 4 is 47.1 Å². The summed E-state index contributed by atoms with van der Waals surface area (Å²) in [6, 6.07) is 7.82. The smallest absolute Gasteiger partial charge is 0.230 e. The van der Waals surface area contributed by atoms with Gasteiger partial charge in [0, 0.05) is 35.9 Å². The van der Waals surface area contributed by atoms with E-state index < -0.39 is 0 Å². The Labute approximate surface area is 169 Å². The molecule has 1 aliphatic heterocycles. The second-order valence-electron chi connectivity index (χ2n) is 6.73. The molecular formula is C19H27ClN2O2S2. The van der Waals surface area contributed by atoms with Crippen molar-refractivity contribution in [2.45, 2.75) is 44.4 Å².